The molecule has 28 heavy (non-hydrogen) atoms. The fourth-order valence-electron chi connectivity index (χ4n) is 3.23. The molecule has 0 unspecified atom stereocenters. The minimum absolute atomic E-state index is 0.126. The maximum absolute atomic E-state index is 12.2. The maximum Gasteiger partial charge on any atom is 0.244 e. The molecule has 0 spiro atoms. The second-order valence-corrected chi connectivity index (χ2v) is 7.86. The molecule has 5 heteroatoms. The average Bonchev–Trinajstić information content (AvgIpc) is 2.92. The van der Waals surface area contributed by atoms with Crippen molar-refractivity contribution in [2.24, 2.45) is 5.10 Å². The van der Waals surface area contributed by atoms with Gasteiger partial charge in [-0.15, -0.1) is 0 Å². The van der Waals surface area contributed by atoms with Crippen LogP contribution < -0.4 is 5.43 Å². The van der Waals surface area contributed by atoms with Crippen LogP contribution >= 0.6 is 15.9 Å². The van der Waals surface area contributed by atoms with Crippen molar-refractivity contribution < 1.29 is 4.79 Å². The summed E-state index contributed by atoms with van der Waals surface area (Å²) in [5.41, 5.74) is 10.3. The molecule has 2 aromatic carbocycles. The van der Waals surface area contributed by atoms with Gasteiger partial charge in [-0.3, -0.25) is 4.79 Å². The summed E-state index contributed by atoms with van der Waals surface area (Å²) in [5, 5.41) is 4.16. The molecular formula is C23H24BrN3O. The number of carbonyl (C=O) groups is 1. The summed E-state index contributed by atoms with van der Waals surface area (Å²) in [5.74, 6) is -0.126. The highest BCUT2D eigenvalue weighted by molar-refractivity contribution is 9.10. The van der Waals surface area contributed by atoms with Gasteiger partial charge in [0, 0.05) is 21.4 Å². The number of hydrazone groups is 1. The molecule has 0 aliphatic heterocycles. The van der Waals surface area contributed by atoms with Crippen molar-refractivity contribution in [2.45, 2.75) is 34.1 Å². The zero-order chi connectivity index (χ0) is 20.3. The molecule has 4 nitrogen and oxygen atoms in total. The van der Waals surface area contributed by atoms with Crippen LogP contribution in [-0.4, -0.2) is 16.7 Å². The van der Waals surface area contributed by atoms with Gasteiger partial charge in [0.2, 0.25) is 5.91 Å². The quantitative estimate of drug-likeness (QED) is 0.434. The van der Waals surface area contributed by atoms with Gasteiger partial charge in [0.1, 0.15) is 0 Å². The Bertz CT molecular complexity index is 1050. The number of rotatable bonds is 5. The van der Waals surface area contributed by atoms with Crippen LogP contribution in [0.25, 0.3) is 5.69 Å². The van der Waals surface area contributed by atoms with E-state index >= 15 is 0 Å². The van der Waals surface area contributed by atoms with E-state index in [2.05, 4.69) is 63.9 Å². The third-order valence-corrected chi connectivity index (χ3v) is 5.56. The molecule has 144 valence electrons. The van der Waals surface area contributed by atoms with E-state index in [4.69, 9.17) is 0 Å². The molecule has 0 aliphatic rings. The minimum atomic E-state index is -0.126. The van der Waals surface area contributed by atoms with Crippen molar-refractivity contribution in [1.82, 2.24) is 9.99 Å². The van der Waals surface area contributed by atoms with Gasteiger partial charge in [0.05, 0.1) is 18.3 Å². The molecule has 1 N–H and O–H groups in total. The number of aromatic nitrogens is 1. The summed E-state index contributed by atoms with van der Waals surface area (Å²) in [6.07, 6.45) is 2.02. The standard InChI is InChI=1S/C23H24BrN3O/c1-15-9-10-19(11-16(15)2)13-23(28)26-25-14-20-12-17(3)27(18(20)4)22-8-6-5-7-21(22)24/h5-12,14H,13H2,1-4H3,(H,26,28)/b25-14-. The summed E-state index contributed by atoms with van der Waals surface area (Å²) >= 11 is 3.61. The monoisotopic (exact) mass is 437 g/mol. The highest BCUT2D eigenvalue weighted by atomic mass is 79.9. The summed E-state index contributed by atoms with van der Waals surface area (Å²) in [4.78, 5) is 12.2. The summed E-state index contributed by atoms with van der Waals surface area (Å²) in [6.45, 7) is 8.22. The fraction of sp³-hybridized carbons (Fsp3) is 0.217. The molecule has 0 fully saturated rings. The van der Waals surface area contributed by atoms with Gasteiger partial charge < -0.3 is 4.57 Å². The molecule has 0 bridgehead atoms. The summed E-state index contributed by atoms with van der Waals surface area (Å²) in [7, 11) is 0. The Balaban J connectivity index is 1.71. The highest BCUT2D eigenvalue weighted by Gasteiger charge is 2.11. The fourth-order valence-corrected chi connectivity index (χ4v) is 3.70. The number of nitrogens with one attached hydrogen (secondary N) is 1. The lowest BCUT2D eigenvalue weighted by Crippen LogP contribution is -2.19. The molecule has 1 aromatic heterocycles. The first-order valence-electron chi connectivity index (χ1n) is 9.18. The Kier molecular flexibility index (Phi) is 6.15. The maximum atomic E-state index is 12.2. The van der Waals surface area contributed by atoms with Gasteiger partial charge >= 0.3 is 0 Å². The van der Waals surface area contributed by atoms with E-state index in [1.807, 2.05) is 43.3 Å². The number of benzene rings is 2. The van der Waals surface area contributed by atoms with Crippen molar-refractivity contribution in [3.05, 3.63) is 86.6 Å². The van der Waals surface area contributed by atoms with Gasteiger partial charge in [-0.1, -0.05) is 30.3 Å². The van der Waals surface area contributed by atoms with E-state index in [0.717, 1.165) is 32.7 Å². The van der Waals surface area contributed by atoms with E-state index in [-0.39, 0.29) is 5.91 Å². The predicted molar refractivity (Wildman–Crippen MR) is 118 cm³/mol. The number of hydrogen-bond acceptors (Lipinski definition) is 2. The van der Waals surface area contributed by atoms with E-state index in [1.165, 1.54) is 11.1 Å². The van der Waals surface area contributed by atoms with Gasteiger partial charge in [-0.05, 0) is 78.5 Å². The number of nitrogens with zero attached hydrogens (tertiary/aromatic N) is 2. The molecule has 1 amide bonds. The highest BCUT2D eigenvalue weighted by Crippen LogP contribution is 2.26. The topological polar surface area (TPSA) is 46.4 Å². The smallest absolute Gasteiger partial charge is 0.244 e. The zero-order valence-corrected chi connectivity index (χ0v) is 18.2. The molecule has 0 saturated carbocycles. The lowest BCUT2D eigenvalue weighted by Gasteiger charge is -2.11. The number of aryl methyl sites for hydroxylation is 3. The number of hydrogen-bond donors (Lipinski definition) is 1. The van der Waals surface area contributed by atoms with Crippen LogP contribution in [0.4, 0.5) is 0 Å². The van der Waals surface area contributed by atoms with Crippen LogP contribution in [0.5, 0.6) is 0 Å². The van der Waals surface area contributed by atoms with Gasteiger partial charge in [0.25, 0.3) is 0 Å². The van der Waals surface area contributed by atoms with Crippen LogP contribution in [0, 0.1) is 27.7 Å². The second-order valence-electron chi connectivity index (χ2n) is 7.00. The van der Waals surface area contributed by atoms with Crippen LogP contribution in [0.3, 0.4) is 0 Å². The second kappa shape index (κ2) is 8.57. The molecule has 0 atom stereocenters. The molecule has 0 aliphatic carbocycles. The number of carbonyl (C=O) groups excluding carboxylic acids is 1. The largest absolute Gasteiger partial charge is 0.317 e. The van der Waals surface area contributed by atoms with E-state index < -0.39 is 0 Å². The molecule has 0 radical (unpaired) electrons. The Hall–Kier alpha value is -2.66. The van der Waals surface area contributed by atoms with Crippen molar-refractivity contribution in [1.29, 1.82) is 0 Å². The first kappa shape index (κ1) is 20.1. The molecule has 3 rings (SSSR count). The van der Waals surface area contributed by atoms with Crippen LogP contribution in [0.15, 0.2) is 58.1 Å². The Morgan fingerprint density at radius 1 is 1.07 bits per heavy atom. The lowest BCUT2D eigenvalue weighted by atomic mass is 10.0. The van der Waals surface area contributed by atoms with Gasteiger partial charge in [0.15, 0.2) is 0 Å². The summed E-state index contributed by atoms with van der Waals surface area (Å²) in [6, 6.07) is 16.2. The zero-order valence-electron chi connectivity index (χ0n) is 16.6. The Morgan fingerprint density at radius 3 is 2.54 bits per heavy atom. The van der Waals surface area contributed by atoms with Gasteiger partial charge in [-0.2, -0.15) is 5.10 Å². The molecular weight excluding hydrogens is 414 g/mol. The molecule has 0 saturated heterocycles. The van der Waals surface area contributed by atoms with Crippen molar-refractivity contribution >= 4 is 28.1 Å². The number of amides is 1. The first-order chi connectivity index (χ1) is 13.4. The van der Waals surface area contributed by atoms with E-state index in [9.17, 15) is 4.79 Å². The van der Waals surface area contributed by atoms with E-state index in [0.29, 0.717) is 6.42 Å². The Morgan fingerprint density at radius 2 is 1.82 bits per heavy atom. The number of para-hydroxylation sites is 1. The lowest BCUT2D eigenvalue weighted by molar-refractivity contribution is -0.120. The molecule has 1 heterocycles. The van der Waals surface area contributed by atoms with Crippen LogP contribution in [0.2, 0.25) is 0 Å². The predicted octanol–water partition coefficient (Wildman–Crippen LogP) is 5.17. The number of halogens is 1. The SMILES string of the molecule is Cc1ccc(CC(=O)N/N=C\c2cc(C)n(-c3ccccc3Br)c2C)cc1C. The van der Waals surface area contributed by atoms with E-state index in [1.54, 1.807) is 6.21 Å². The third kappa shape index (κ3) is 4.42. The average molecular weight is 438 g/mol. The van der Waals surface area contributed by atoms with Crippen molar-refractivity contribution in [3.8, 4) is 5.69 Å². The summed E-state index contributed by atoms with van der Waals surface area (Å²) < 4.78 is 3.20. The third-order valence-electron chi connectivity index (χ3n) is 4.89. The first-order valence-corrected chi connectivity index (χ1v) is 9.98. The van der Waals surface area contributed by atoms with Gasteiger partial charge in [-0.25, -0.2) is 5.43 Å². The Labute approximate surface area is 174 Å². The minimum Gasteiger partial charge on any atom is -0.317 e. The molecule has 3 aromatic rings. The van der Waals surface area contributed by atoms with Crippen molar-refractivity contribution in [3.63, 3.8) is 0 Å². The normalized spacial score (nSPS) is 11.2. The van der Waals surface area contributed by atoms with Crippen LogP contribution in [0.1, 0.15) is 33.6 Å². The van der Waals surface area contributed by atoms with Crippen LogP contribution in [-0.2, 0) is 11.2 Å². The van der Waals surface area contributed by atoms with Crippen molar-refractivity contribution in [2.75, 3.05) is 0 Å².